The largest absolute Gasteiger partial charge is 0.314 e. The Morgan fingerprint density at radius 3 is 1.59 bits per heavy atom. The van der Waals surface area contributed by atoms with Gasteiger partial charge < -0.3 is 9.80 Å². The van der Waals surface area contributed by atoms with Crippen molar-refractivity contribution in [1.29, 1.82) is 0 Å². The smallest absolute Gasteiger partial charge is 0.238 e. The number of rotatable bonds is 3. The first-order chi connectivity index (χ1) is 15.4. The van der Waals surface area contributed by atoms with Gasteiger partial charge in [-0.15, -0.1) is 11.3 Å². The lowest BCUT2D eigenvalue weighted by Crippen LogP contribution is -2.52. The Morgan fingerprint density at radius 1 is 0.688 bits per heavy atom. The van der Waals surface area contributed by atoms with E-state index in [1.54, 1.807) is 74.8 Å². The van der Waals surface area contributed by atoms with Gasteiger partial charge in [0.15, 0.2) is 11.6 Å². The molecular formula is C25H20N2O4S. The fourth-order valence-electron chi connectivity index (χ4n) is 4.80. The van der Waals surface area contributed by atoms with Crippen molar-refractivity contribution in [3.63, 3.8) is 0 Å². The molecule has 3 heterocycles. The lowest BCUT2D eigenvalue weighted by atomic mass is 9.70. The maximum atomic E-state index is 13.6. The molecule has 1 aromatic heterocycles. The van der Waals surface area contributed by atoms with E-state index in [0.29, 0.717) is 27.4 Å². The van der Waals surface area contributed by atoms with Crippen LogP contribution in [0.15, 0.2) is 66.0 Å². The first-order valence-electron chi connectivity index (χ1n) is 10.3. The number of carbonyl (C=O) groups excluding carboxylic acids is 4. The Morgan fingerprint density at radius 2 is 1.16 bits per heavy atom. The highest BCUT2D eigenvalue weighted by Gasteiger charge is 2.52. The van der Waals surface area contributed by atoms with Crippen molar-refractivity contribution in [2.45, 2.75) is 5.92 Å². The molecule has 6 nitrogen and oxygen atoms in total. The number of fused-ring (bicyclic) bond motifs is 2. The van der Waals surface area contributed by atoms with Crippen LogP contribution in [0.2, 0.25) is 0 Å². The molecule has 2 unspecified atom stereocenters. The van der Waals surface area contributed by atoms with Crippen molar-refractivity contribution in [1.82, 2.24) is 0 Å². The molecule has 0 N–H and O–H groups in total. The van der Waals surface area contributed by atoms with Crippen LogP contribution < -0.4 is 9.80 Å². The second-order valence-corrected chi connectivity index (χ2v) is 9.03. The van der Waals surface area contributed by atoms with E-state index in [4.69, 9.17) is 0 Å². The molecule has 2 atom stereocenters. The van der Waals surface area contributed by atoms with Crippen molar-refractivity contribution in [3.05, 3.63) is 82.0 Å². The predicted molar refractivity (Wildman–Crippen MR) is 122 cm³/mol. The number of benzene rings is 2. The van der Waals surface area contributed by atoms with Crippen LogP contribution >= 0.6 is 11.3 Å². The van der Waals surface area contributed by atoms with Crippen LogP contribution in [0.3, 0.4) is 0 Å². The van der Waals surface area contributed by atoms with E-state index >= 15 is 0 Å². The Kier molecular flexibility index (Phi) is 4.78. The summed E-state index contributed by atoms with van der Waals surface area (Å²) in [6.45, 7) is 0. The summed E-state index contributed by atoms with van der Waals surface area (Å²) < 4.78 is 0. The fraction of sp³-hybridized carbons (Fsp3) is 0.200. The third-order valence-corrected chi connectivity index (χ3v) is 7.38. The molecule has 0 bridgehead atoms. The third kappa shape index (κ3) is 2.85. The monoisotopic (exact) mass is 444 g/mol. The zero-order valence-electron chi connectivity index (χ0n) is 17.5. The van der Waals surface area contributed by atoms with Crippen molar-refractivity contribution >= 4 is 46.1 Å². The van der Waals surface area contributed by atoms with Crippen molar-refractivity contribution in [2.24, 2.45) is 11.8 Å². The quantitative estimate of drug-likeness (QED) is 0.576. The molecule has 7 heteroatoms. The maximum absolute atomic E-state index is 13.6. The minimum Gasteiger partial charge on any atom is -0.314 e. The maximum Gasteiger partial charge on any atom is 0.238 e. The molecule has 5 rings (SSSR count). The number of nitrogens with zero attached hydrogens (tertiary/aromatic N) is 2. The summed E-state index contributed by atoms with van der Waals surface area (Å²) in [7, 11) is 3.25. The Labute approximate surface area is 189 Å². The van der Waals surface area contributed by atoms with E-state index in [0.717, 1.165) is 0 Å². The first kappa shape index (κ1) is 20.3. The lowest BCUT2D eigenvalue weighted by molar-refractivity contribution is -0.124. The van der Waals surface area contributed by atoms with E-state index in [1.165, 1.54) is 21.1 Å². The first-order valence-corrected chi connectivity index (χ1v) is 11.1. The topological polar surface area (TPSA) is 74.8 Å². The zero-order chi connectivity index (χ0) is 22.6. The second kappa shape index (κ2) is 7.53. The summed E-state index contributed by atoms with van der Waals surface area (Å²) in [5.74, 6) is -4.74. The Hall–Kier alpha value is -3.58. The molecule has 0 fully saturated rings. The highest BCUT2D eigenvalue weighted by atomic mass is 32.1. The van der Waals surface area contributed by atoms with Gasteiger partial charge in [-0.1, -0.05) is 30.3 Å². The standard InChI is InChI=1S/C25H20N2O4S/c1-26-16-10-5-3-8-14(16)22(28)20(24(26)30)19(18-12-7-13-32-18)21-23(29)15-9-4-6-11-17(15)27(2)25(21)31/h3-13,19-21H,1-2H3. The van der Waals surface area contributed by atoms with Gasteiger partial charge in [-0.3, -0.25) is 19.2 Å². The summed E-state index contributed by atoms with van der Waals surface area (Å²) in [4.78, 5) is 57.8. The summed E-state index contributed by atoms with van der Waals surface area (Å²) in [6.07, 6.45) is 0. The van der Waals surface area contributed by atoms with Gasteiger partial charge in [0.1, 0.15) is 11.8 Å². The highest BCUT2D eigenvalue weighted by Crippen LogP contribution is 2.46. The van der Waals surface area contributed by atoms with Crippen LogP contribution in [0.1, 0.15) is 31.5 Å². The molecule has 2 amide bonds. The number of hydrogen-bond acceptors (Lipinski definition) is 5. The number of carbonyl (C=O) groups is 4. The van der Waals surface area contributed by atoms with Gasteiger partial charge in [0.25, 0.3) is 0 Å². The molecule has 0 radical (unpaired) electrons. The van der Waals surface area contributed by atoms with Crippen LogP contribution in [0.4, 0.5) is 11.4 Å². The van der Waals surface area contributed by atoms with Crippen molar-refractivity contribution in [2.75, 3.05) is 23.9 Å². The molecule has 2 aliphatic rings. The number of thiophene rings is 1. The summed E-state index contributed by atoms with van der Waals surface area (Å²) in [5, 5.41) is 1.83. The molecule has 2 aliphatic heterocycles. The Balaban J connectivity index is 1.69. The van der Waals surface area contributed by atoms with Crippen LogP contribution in [-0.2, 0) is 9.59 Å². The van der Waals surface area contributed by atoms with Gasteiger partial charge in [-0.2, -0.15) is 0 Å². The molecule has 0 spiro atoms. The van der Waals surface area contributed by atoms with Gasteiger partial charge in [-0.25, -0.2) is 0 Å². The molecule has 2 aromatic carbocycles. The summed E-state index contributed by atoms with van der Waals surface area (Å²) in [5.41, 5.74) is 1.91. The third-order valence-electron chi connectivity index (χ3n) is 6.41. The van der Waals surface area contributed by atoms with Crippen LogP contribution in [0, 0.1) is 11.8 Å². The van der Waals surface area contributed by atoms with Gasteiger partial charge in [0.2, 0.25) is 11.8 Å². The Bertz CT molecular complexity index is 1180. The number of ketones is 2. The van der Waals surface area contributed by atoms with Crippen molar-refractivity contribution in [3.8, 4) is 0 Å². The second-order valence-electron chi connectivity index (χ2n) is 8.05. The van der Waals surface area contributed by atoms with Gasteiger partial charge >= 0.3 is 0 Å². The number of hydrogen-bond donors (Lipinski definition) is 0. The SMILES string of the molecule is CN1C(=O)C(C(c2cccs2)C2C(=O)c3ccccc3N(C)C2=O)C(=O)c2ccccc21. The number of amides is 2. The molecule has 160 valence electrons. The molecule has 32 heavy (non-hydrogen) atoms. The van der Waals surface area contributed by atoms with Crippen molar-refractivity contribution < 1.29 is 19.2 Å². The minimum absolute atomic E-state index is 0.357. The minimum atomic E-state index is -1.16. The fourth-order valence-corrected chi connectivity index (χ4v) is 5.70. The average Bonchev–Trinajstić information content (AvgIpc) is 3.35. The highest BCUT2D eigenvalue weighted by molar-refractivity contribution is 7.10. The molecule has 3 aromatic rings. The summed E-state index contributed by atoms with van der Waals surface area (Å²) in [6, 6.07) is 17.5. The zero-order valence-corrected chi connectivity index (χ0v) is 18.3. The normalized spacial score (nSPS) is 21.4. The van der Waals surface area contributed by atoms with Crippen LogP contribution in [-0.4, -0.2) is 37.5 Å². The molecule has 0 saturated heterocycles. The van der Waals surface area contributed by atoms with E-state index in [9.17, 15) is 19.2 Å². The molecule has 0 saturated carbocycles. The van der Waals surface area contributed by atoms with E-state index < -0.39 is 29.6 Å². The number of anilines is 2. The molecular weight excluding hydrogens is 424 g/mol. The van der Waals surface area contributed by atoms with Gasteiger partial charge in [0, 0.05) is 36.0 Å². The van der Waals surface area contributed by atoms with Crippen LogP contribution in [0.25, 0.3) is 0 Å². The van der Waals surface area contributed by atoms with Gasteiger partial charge in [-0.05, 0) is 35.7 Å². The van der Waals surface area contributed by atoms with E-state index in [1.807, 2.05) is 5.38 Å². The van der Waals surface area contributed by atoms with Gasteiger partial charge in [0.05, 0.1) is 11.4 Å². The lowest BCUT2D eigenvalue weighted by Gasteiger charge is -2.39. The number of para-hydroxylation sites is 2. The number of Topliss-reactive ketones (excluding diaryl/α,β-unsaturated/α-hetero) is 2. The molecule has 0 aliphatic carbocycles. The predicted octanol–water partition coefficient (Wildman–Crippen LogP) is 3.78. The van der Waals surface area contributed by atoms with E-state index in [2.05, 4.69) is 0 Å². The summed E-state index contributed by atoms with van der Waals surface area (Å²) >= 11 is 1.35. The average molecular weight is 445 g/mol. The van der Waals surface area contributed by atoms with E-state index in [-0.39, 0.29) is 11.6 Å². The van der Waals surface area contributed by atoms with Crippen LogP contribution in [0.5, 0.6) is 0 Å².